The van der Waals surface area contributed by atoms with E-state index in [-0.39, 0.29) is 5.69 Å². The zero-order valence-electron chi connectivity index (χ0n) is 5.90. The fraction of sp³-hybridized carbons (Fsp3) is 0.167. The van der Waals surface area contributed by atoms with Crippen molar-refractivity contribution in [3.05, 3.63) is 18.2 Å². The van der Waals surface area contributed by atoms with Crippen LogP contribution in [0.5, 0.6) is 0 Å². The average Bonchev–Trinajstić information content (AvgIpc) is 2.04. The van der Waals surface area contributed by atoms with Crippen molar-refractivity contribution >= 4 is 11.7 Å². The molecule has 0 radical (unpaired) electrons. The Kier molecular flexibility index (Phi) is 2.00. The lowest BCUT2D eigenvalue weighted by molar-refractivity contribution is 0.0691. The third-order valence-corrected chi connectivity index (χ3v) is 1.18. The molecule has 1 aromatic rings. The molecule has 1 rings (SSSR count). The number of anilines is 1. The molecule has 0 saturated carbocycles. The standard InChI is InChI=1S/C6H7N3O2/c1-7-4-2-8-3-9-5(4)6(10)11/h2-3,7H,1H3,(H,10,11). The molecule has 11 heavy (non-hydrogen) atoms. The molecule has 0 saturated heterocycles. The summed E-state index contributed by atoms with van der Waals surface area (Å²) in [5.41, 5.74) is 0.405. The smallest absolute Gasteiger partial charge is 0.356 e. The third-order valence-electron chi connectivity index (χ3n) is 1.18. The van der Waals surface area contributed by atoms with Crippen molar-refractivity contribution < 1.29 is 9.90 Å². The number of nitrogens with zero attached hydrogens (tertiary/aromatic N) is 2. The van der Waals surface area contributed by atoms with E-state index in [0.29, 0.717) is 5.69 Å². The first-order valence-corrected chi connectivity index (χ1v) is 2.96. The summed E-state index contributed by atoms with van der Waals surface area (Å²) in [6, 6.07) is 0. The van der Waals surface area contributed by atoms with Crippen LogP contribution in [0, 0.1) is 0 Å². The van der Waals surface area contributed by atoms with Gasteiger partial charge < -0.3 is 10.4 Å². The van der Waals surface area contributed by atoms with Crippen molar-refractivity contribution in [3.63, 3.8) is 0 Å². The number of carboxylic acids is 1. The summed E-state index contributed by atoms with van der Waals surface area (Å²) in [6.07, 6.45) is 2.61. The normalized spacial score (nSPS) is 9.18. The Balaban J connectivity index is 3.12. The maximum Gasteiger partial charge on any atom is 0.356 e. The van der Waals surface area contributed by atoms with Crippen LogP contribution in [0.3, 0.4) is 0 Å². The summed E-state index contributed by atoms with van der Waals surface area (Å²) in [4.78, 5) is 17.7. The first-order chi connectivity index (χ1) is 5.25. The van der Waals surface area contributed by atoms with Gasteiger partial charge in [0.05, 0.1) is 11.9 Å². The SMILES string of the molecule is CNc1cncnc1C(=O)O. The Morgan fingerprint density at radius 1 is 1.73 bits per heavy atom. The van der Waals surface area contributed by atoms with Gasteiger partial charge >= 0.3 is 5.97 Å². The summed E-state index contributed by atoms with van der Waals surface area (Å²) in [6.45, 7) is 0. The van der Waals surface area contributed by atoms with Crippen LogP contribution in [-0.4, -0.2) is 28.1 Å². The third kappa shape index (κ3) is 1.43. The van der Waals surface area contributed by atoms with E-state index in [2.05, 4.69) is 15.3 Å². The van der Waals surface area contributed by atoms with Crippen LogP contribution in [0.2, 0.25) is 0 Å². The summed E-state index contributed by atoms with van der Waals surface area (Å²) >= 11 is 0. The van der Waals surface area contributed by atoms with E-state index in [1.807, 2.05) is 0 Å². The van der Waals surface area contributed by atoms with Crippen LogP contribution < -0.4 is 5.32 Å². The van der Waals surface area contributed by atoms with Gasteiger partial charge in [-0.3, -0.25) is 0 Å². The van der Waals surface area contributed by atoms with Crippen molar-refractivity contribution in [2.45, 2.75) is 0 Å². The molecule has 0 aliphatic rings. The molecule has 0 bridgehead atoms. The monoisotopic (exact) mass is 153 g/mol. The highest BCUT2D eigenvalue weighted by Crippen LogP contribution is 2.07. The summed E-state index contributed by atoms with van der Waals surface area (Å²) in [5, 5.41) is 11.2. The van der Waals surface area contributed by atoms with Gasteiger partial charge in [0.25, 0.3) is 0 Å². The number of hydrogen-bond donors (Lipinski definition) is 2. The predicted molar refractivity (Wildman–Crippen MR) is 38.5 cm³/mol. The van der Waals surface area contributed by atoms with Crippen molar-refractivity contribution in [1.82, 2.24) is 9.97 Å². The molecule has 2 N–H and O–H groups in total. The molecular formula is C6H7N3O2. The second kappa shape index (κ2) is 2.96. The Bertz CT molecular complexity index is 274. The molecule has 0 amide bonds. The first kappa shape index (κ1) is 7.46. The average molecular weight is 153 g/mol. The molecule has 0 spiro atoms. The van der Waals surface area contributed by atoms with E-state index < -0.39 is 5.97 Å². The highest BCUT2D eigenvalue weighted by molar-refractivity contribution is 5.91. The highest BCUT2D eigenvalue weighted by Gasteiger charge is 2.08. The van der Waals surface area contributed by atoms with Crippen LogP contribution in [0.15, 0.2) is 12.5 Å². The van der Waals surface area contributed by atoms with E-state index in [9.17, 15) is 4.79 Å². The van der Waals surface area contributed by atoms with Gasteiger partial charge in [0.1, 0.15) is 6.33 Å². The summed E-state index contributed by atoms with van der Waals surface area (Å²) in [7, 11) is 1.62. The van der Waals surface area contributed by atoms with Crippen molar-refractivity contribution in [1.29, 1.82) is 0 Å². The molecular weight excluding hydrogens is 146 g/mol. The van der Waals surface area contributed by atoms with E-state index >= 15 is 0 Å². The van der Waals surface area contributed by atoms with E-state index in [1.54, 1.807) is 7.05 Å². The maximum absolute atomic E-state index is 10.5. The Morgan fingerprint density at radius 3 is 2.91 bits per heavy atom. The van der Waals surface area contributed by atoms with Gasteiger partial charge in [0.15, 0.2) is 5.69 Å². The zero-order valence-corrected chi connectivity index (χ0v) is 5.90. The lowest BCUT2D eigenvalue weighted by Gasteiger charge is -2.00. The molecule has 0 atom stereocenters. The molecule has 0 aliphatic carbocycles. The van der Waals surface area contributed by atoms with Crippen LogP contribution in [0.1, 0.15) is 10.5 Å². The number of carboxylic acid groups (broad SMARTS) is 1. The number of carbonyl (C=O) groups is 1. The number of aromatic carboxylic acids is 1. The molecule has 58 valence electrons. The van der Waals surface area contributed by atoms with Crippen LogP contribution >= 0.6 is 0 Å². The fourth-order valence-corrected chi connectivity index (χ4v) is 0.683. The van der Waals surface area contributed by atoms with Gasteiger partial charge in [-0.15, -0.1) is 0 Å². The summed E-state index contributed by atoms with van der Waals surface area (Å²) in [5.74, 6) is -1.06. The zero-order chi connectivity index (χ0) is 8.27. The van der Waals surface area contributed by atoms with Gasteiger partial charge in [-0.2, -0.15) is 0 Å². The summed E-state index contributed by atoms with van der Waals surface area (Å²) < 4.78 is 0. The molecule has 5 nitrogen and oxygen atoms in total. The van der Waals surface area contributed by atoms with E-state index in [0.717, 1.165) is 0 Å². The van der Waals surface area contributed by atoms with Crippen LogP contribution in [0.4, 0.5) is 5.69 Å². The molecule has 0 aliphatic heterocycles. The number of rotatable bonds is 2. The van der Waals surface area contributed by atoms with Crippen LogP contribution in [0.25, 0.3) is 0 Å². The molecule has 5 heteroatoms. The van der Waals surface area contributed by atoms with Crippen molar-refractivity contribution in [2.75, 3.05) is 12.4 Å². The first-order valence-electron chi connectivity index (χ1n) is 2.96. The quantitative estimate of drug-likeness (QED) is 0.635. The second-order valence-corrected chi connectivity index (χ2v) is 1.84. The lowest BCUT2D eigenvalue weighted by Crippen LogP contribution is -2.05. The minimum Gasteiger partial charge on any atom is -0.476 e. The molecule has 1 aromatic heterocycles. The number of hydrogen-bond acceptors (Lipinski definition) is 4. The molecule has 0 aromatic carbocycles. The van der Waals surface area contributed by atoms with Gasteiger partial charge in [-0.25, -0.2) is 14.8 Å². The lowest BCUT2D eigenvalue weighted by atomic mass is 10.3. The van der Waals surface area contributed by atoms with E-state index in [1.165, 1.54) is 12.5 Å². The molecule has 0 unspecified atom stereocenters. The van der Waals surface area contributed by atoms with E-state index in [4.69, 9.17) is 5.11 Å². The fourth-order valence-electron chi connectivity index (χ4n) is 0.683. The van der Waals surface area contributed by atoms with Gasteiger partial charge in [-0.1, -0.05) is 0 Å². The molecule has 0 fully saturated rings. The second-order valence-electron chi connectivity index (χ2n) is 1.84. The molecule has 1 heterocycles. The van der Waals surface area contributed by atoms with Gasteiger partial charge in [0.2, 0.25) is 0 Å². The van der Waals surface area contributed by atoms with Gasteiger partial charge in [0, 0.05) is 7.05 Å². The van der Waals surface area contributed by atoms with Crippen molar-refractivity contribution in [2.24, 2.45) is 0 Å². The van der Waals surface area contributed by atoms with Crippen LogP contribution in [-0.2, 0) is 0 Å². The Labute approximate surface area is 63.1 Å². The van der Waals surface area contributed by atoms with Crippen molar-refractivity contribution in [3.8, 4) is 0 Å². The highest BCUT2D eigenvalue weighted by atomic mass is 16.4. The minimum absolute atomic E-state index is 0.0116. The predicted octanol–water partition coefficient (Wildman–Crippen LogP) is 0.216. The topological polar surface area (TPSA) is 75.1 Å². The largest absolute Gasteiger partial charge is 0.476 e. The Hall–Kier alpha value is -1.65. The number of aromatic nitrogens is 2. The van der Waals surface area contributed by atoms with Gasteiger partial charge in [-0.05, 0) is 0 Å². The number of nitrogens with one attached hydrogen (secondary N) is 1. The maximum atomic E-state index is 10.5. The minimum atomic E-state index is -1.06. The Morgan fingerprint density at radius 2 is 2.45 bits per heavy atom.